The molecule has 2 aliphatic carbocycles. The molecular formula is C37H41N3O. The van der Waals surface area contributed by atoms with E-state index in [1.807, 2.05) is 30.5 Å². The molecule has 0 aromatic heterocycles. The second kappa shape index (κ2) is 13.3. The van der Waals surface area contributed by atoms with Crippen LogP contribution in [0.1, 0.15) is 97.7 Å². The lowest BCUT2D eigenvalue weighted by molar-refractivity contribution is 0.102. The molecule has 4 nitrogen and oxygen atoms in total. The van der Waals surface area contributed by atoms with Crippen LogP contribution in [-0.4, -0.2) is 18.0 Å². The van der Waals surface area contributed by atoms with Gasteiger partial charge in [-0.15, -0.1) is 0 Å². The average molecular weight is 544 g/mol. The molecule has 6 rings (SSSR count). The van der Waals surface area contributed by atoms with Gasteiger partial charge in [0, 0.05) is 17.3 Å². The summed E-state index contributed by atoms with van der Waals surface area (Å²) < 4.78 is 0. The van der Waals surface area contributed by atoms with Gasteiger partial charge in [0.15, 0.2) is 5.78 Å². The molecule has 4 heteroatoms. The van der Waals surface area contributed by atoms with Gasteiger partial charge >= 0.3 is 0 Å². The minimum absolute atomic E-state index is 0.194. The predicted octanol–water partition coefficient (Wildman–Crippen LogP) is 9.64. The maximum atomic E-state index is 13.7. The van der Waals surface area contributed by atoms with Crippen molar-refractivity contribution in [2.45, 2.75) is 77.0 Å². The van der Waals surface area contributed by atoms with Crippen LogP contribution in [0.3, 0.4) is 0 Å². The number of carbonyl (C=O) groups is 1. The molecule has 2 heterocycles. The van der Waals surface area contributed by atoms with Crippen molar-refractivity contribution < 1.29 is 4.79 Å². The number of benzene rings is 2. The molecule has 0 radical (unpaired) electrons. The number of allylic oxidation sites excluding steroid dienone is 4. The lowest BCUT2D eigenvalue weighted by atomic mass is 9.79. The van der Waals surface area contributed by atoms with Gasteiger partial charge in [-0.25, -0.2) is 0 Å². The van der Waals surface area contributed by atoms with E-state index in [4.69, 9.17) is 4.99 Å². The molecule has 2 aromatic rings. The maximum Gasteiger partial charge on any atom is 0.188 e. The van der Waals surface area contributed by atoms with Crippen molar-refractivity contribution in [3.05, 3.63) is 112 Å². The Morgan fingerprint density at radius 2 is 1.78 bits per heavy atom. The molecule has 0 saturated heterocycles. The molecule has 0 spiro atoms. The molecule has 1 fully saturated rings. The van der Waals surface area contributed by atoms with Crippen LogP contribution >= 0.6 is 0 Å². The number of aliphatic imine (C=N–C) groups is 1. The Hall–Kier alpha value is -3.66. The summed E-state index contributed by atoms with van der Waals surface area (Å²) in [5.41, 5.74) is 7.83. The molecular weight excluding hydrogens is 502 g/mol. The van der Waals surface area contributed by atoms with Crippen molar-refractivity contribution in [2.75, 3.05) is 6.54 Å². The highest BCUT2D eigenvalue weighted by atomic mass is 16.1. The number of carbonyl (C=O) groups excluding carboxylic acids is 1. The molecule has 1 saturated carbocycles. The van der Waals surface area contributed by atoms with Crippen molar-refractivity contribution >= 4 is 17.6 Å². The molecule has 2 aromatic carbocycles. The van der Waals surface area contributed by atoms with Crippen LogP contribution in [0.25, 0.3) is 6.08 Å². The van der Waals surface area contributed by atoms with E-state index < -0.39 is 0 Å². The lowest BCUT2D eigenvalue weighted by Crippen LogP contribution is -2.14. The smallest absolute Gasteiger partial charge is 0.188 e. The molecule has 41 heavy (non-hydrogen) atoms. The summed E-state index contributed by atoms with van der Waals surface area (Å²) in [5.74, 6) is 1.83. The third-order valence-corrected chi connectivity index (χ3v) is 9.11. The second-order valence-corrected chi connectivity index (χ2v) is 12.1. The summed E-state index contributed by atoms with van der Waals surface area (Å²) in [4.78, 5) is 18.4. The number of Topliss-reactive ketones (excluding diaryl/α,β-unsaturated/α-hetero) is 1. The van der Waals surface area contributed by atoms with Crippen LogP contribution in [0.5, 0.6) is 0 Å². The van der Waals surface area contributed by atoms with Gasteiger partial charge in [0.1, 0.15) is 5.70 Å². The molecule has 2 aliphatic heterocycles. The molecule has 4 aliphatic rings. The van der Waals surface area contributed by atoms with Crippen LogP contribution < -0.4 is 0 Å². The summed E-state index contributed by atoms with van der Waals surface area (Å²) in [6.45, 7) is 0.514. The van der Waals surface area contributed by atoms with E-state index in [-0.39, 0.29) is 5.78 Å². The predicted molar refractivity (Wildman–Crippen MR) is 168 cm³/mol. The fraction of sp³-hybridized carbons (Fsp3) is 0.405. The Labute approximate surface area is 244 Å². The van der Waals surface area contributed by atoms with Crippen molar-refractivity contribution in [2.24, 2.45) is 27.1 Å². The van der Waals surface area contributed by atoms with Crippen molar-refractivity contribution in [3.8, 4) is 0 Å². The minimum atomic E-state index is 0.194. The Morgan fingerprint density at radius 1 is 0.927 bits per heavy atom. The Balaban J connectivity index is 1.18. The van der Waals surface area contributed by atoms with Gasteiger partial charge in [-0.05, 0) is 84.4 Å². The first-order valence-corrected chi connectivity index (χ1v) is 15.7. The SMILES string of the molecule is O=C(C1=CCC(CC2CCCCC2)CCCC1)c1cccc(/C=C2\C=C(C3=NC=CCc4ccccc43)N=NC2)c1. The van der Waals surface area contributed by atoms with Crippen LogP contribution in [0.15, 0.2) is 105 Å². The zero-order valence-corrected chi connectivity index (χ0v) is 24.1. The van der Waals surface area contributed by atoms with Gasteiger partial charge in [-0.2, -0.15) is 10.2 Å². The van der Waals surface area contributed by atoms with E-state index in [1.54, 1.807) is 0 Å². The van der Waals surface area contributed by atoms with Gasteiger partial charge in [-0.3, -0.25) is 9.79 Å². The molecule has 0 N–H and O–H groups in total. The molecule has 0 bridgehead atoms. The number of ketones is 1. The van der Waals surface area contributed by atoms with Crippen LogP contribution in [0.4, 0.5) is 0 Å². The third-order valence-electron chi connectivity index (χ3n) is 9.11. The number of rotatable bonds is 6. The van der Waals surface area contributed by atoms with E-state index in [0.29, 0.717) is 6.54 Å². The third kappa shape index (κ3) is 6.98. The number of nitrogens with zero attached hydrogens (tertiary/aromatic N) is 3. The summed E-state index contributed by atoms with van der Waals surface area (Å²) in [5, 5.41) is 8.89. The van der Waals surface area contributed by atoms with Crippen LogP contribution in [0, 0.1) is 11.8 Å². The summed E-state index contributed by atoms with van der Waals surface area (Å²) >= 11 is 0. The highest BCUT2D eigenvalue weighted by Crippen LogP contribution is 2.34. The molecule has 0 amide bonds. The fourth-order valence-corrected chi connectivity index (χ4v) is 6.92. The van der Waals surface area contributed by atoms with Gasteiger partial charge < -0.3 is 0 Å². The highest BCUT2D eigenvalue weighted by molar-refractivity contribution is 6.14. The Kier molecular flexibility index (Phi) is 8.95. The zero-order chi connectivity index (χ0) is 27.9. The number of hydrogen-bond acceptors (Lipinski definition) is 4. The first-order chi connectivity index (χ1) is 20.2. The fourth-order valence-electron chi connectivity index (χ4n) is 6.92. The van der Waals surface area contributed by atoms with Crippen LogP contribution in [-0.2, 0) is 6.42 Å². The second-order valence-electron chi connectivity index (χ2n) is 12.1. The maximum absolute atomic E-state index is 13.7. The average Bonchev–Trinajstić information content (AvgIpc) is 3.22. The standard InChI is InChI=1S/C37H41N3O/c41-37(32-15-5-4-12-28(19-20-32)22-27-10-2-1-3-11-27)33-16-8-13-29(24-33)23-30-25-35(40-39-26-30)36-34-18-7-6-14-31(34)17-9-21-38-36/h6-9,13-14,16,18,20-21,23-25,27-28H,1-5,10-12,15,17,19,22,26H2/b30-23+,32-20?. The Bertz CT molecular complexity index is 1450. The quantitative estimate of drug-likeness (QED) is 0.335. The molecule has 1 unspecified atom stereocenters. The Morgan fingerprint density at radius 3 is 2.71 bits per heavy atom. The lowest BCUT2D eigenvalue weighted by Gasteiger charge is -2.27. The van der Waals surface area contributed by atoms with E-state index in [0.717, 1.165) is 76.8 Å². The van der Waals surface area contributed by atoms with Gasteiger partial charge in [0.2, 0.25) is 0 Å². The highest BCUT2D eigenvalue weighted by Gasteiger charge is 2.22. The van der Waals surface area contributed by atoms with E-state index in [9.17, 15) is 4.79 Å². The summed E-state index contributed by atoms with van der Waals surface area (Å²) in [6.07, 6.45) is 25.3. The van der Waals surface area contributed by atoms with Gasteiger partial charge in [0.05, 0.1) is 12.3 Å². The van der Waals surface area contributed by atoms with Crippen molar-refractivity contribution in [1.29, 1.82) is 0 Å². The summed E-state index contributed by atoms with van der Waals surface area (Å²) in [7, 11) is 0. The summed E-state index contributed by atoms with van der Waals surface area (Å²) in [6, 6.07) is 16.4. The topological polar surface area (TPSA) is 54.1 Å². The van der Waals surface area contributed by atoms with E-state index in [2.05, 4.69) is 58.8 Å². The molecule has 210 valence electrons. The normalized spacial score (nSPS) is 22.6. The number of azo groups is 1. The molecule has 1 atom stereocenters. The largest absolute Gasteiger partial charge is 0.289 e. The number of fused-ring (bicyclic) bond motifs is 1. The number of hydrogen-bond donors (Lipinski definition) is 0. The van der Waals surface area contributed by atoms with Crippen LogP contribution in [0.2, 0.25) is 0 Å². The van der Waals surface area contributed by atoms with E-state index in [1.165, 1.54) is 56.9 Å². The zero-order valence-electron chi connectivity index (χ0n) is 24.1. The minimum Gasteiger partial charge on any atom is -0.289 e. The first kappa shape index (κ1) is 27.5. The van der Waals surface area contributed by atoms with Crippen molar-refractivity contribution in [3.63, 3.8) is 0 Å². The van der Waals surface area contributed by atoms with Crippen molar-refractivity contribution in [1.82, 2.24) is 0 Å². The van der Waals surface area contributed by atoms with E-state index >= 15 is 0 Å². The first-order valence-electron chi connectivity index (χ1n) is 15.7. The monoisotopic (exact) mass is 543 g/mol. The van der Waals surface area contributed by atoms with Gasteiger partial charge in [-0.1, -0.05) is 99.6 Å². The van der Waals surface area contributed by atoms with Gasteiger partial charge in [0.25, 0.3) is 0 Å².